The maximum atomic E-state index is 15.5. The molecule has 0 amide bonds. The molecule has 0 spiro atoms. The molecular formula is C21H19F3N4. The van der Waals surface area contributed by atoms with Gasteiger partial charge in [-0.3, -0.25) is 0 Å². The third-order valence-electron chi connectivity index (χ3n) is 5.20. The van der Waals surface area contributed by atoms with Crippen LogP contribution in [0.4, 0.5) is 19.0 Å². The lowest BCUT2D eigenvalue weighted by atomic mass is 9.85. The molecule has 1 aliphatic heterocycles. The monoisotopic (exact) mass is 384 g/mol. The van der Waals surface area contributed by atoms with E-state index in [0.717, 1.165) is 6.07 Å². The van der Waals surface area contributed by atoms with E-state index in [9.17, 15) is 8.78 Å². The SMILES string of the molecule is CN1CCC(c2cccc(F)c2F)c2ccc(-c3ccc(N)nn3)c(F)c2C1. The molecule has 0 aliphatic carbocycles. The van der Waals surface area contributed by atoms with E-state index in [1.807, 2.05) is 11.9 Å². The van der Waals surface area contributed by atoms with Crippen LogP contribution in [0.5, 0.6) is 0 Å². The van der Waals surface area contributed by atoms with Gasteiger partial charge < -0.3 is 10.6 Å². The zero-order valence-electron chi connectivity index (χ0n) is 15.3. The summed E-state index contributed by atoms with van der Waals surface area (Å²) in [6.45, 7) is 0.997. The summed E-state index contributed by atoms with van der Waals surface area (Å²) in [6.07, 6.45) is 0.560. The van der Waals surface area contributed by atoms with Crippen LogP contribution in [0.25, 0.3) is 11.3 Å². The maximum absolute atomic E-state index is 15.5. The number of benzene rings is 2. The van der Waals surface area contributed by atoms with Crippen molar-refractivity contribution in [2.75, 3.05) is 19.3 Å². The zero-order valence-corrected chi connectivity index (χ0v) is 15.3. The Morgan fingerprint density at radius 3 is 2.54 bits per heavy atom. The van der Waals surface area contributed by atoms with Crippen LogP contribution < -0.4 is 5.73 Å². The van der Waals surface area contributed by atoms with Gasteiger partial charge in [-0.2, -0.15) is 0 Å². The quantitative estimate of drug-likeness (QED) is 0.723. The van der Waals surface area contributed by atoms with Crippen molar-refractivity contribution >= 4 is 5.82 Å². The normalized spacial score (nSPS) is 17.2. The van der Waals surface area contributed by atoms with Crippen LogP contribution in [0.1, 0.15) is 29.0 Å². The van der Waals surface area contributed by atoms with Crippen molar-refractivity contribution in [3.8, 4) is 11.3 Å². The molecule has 0 fully saturated rings. The molecular weight excluding hydrogens is 365 g/mol. The molecule has 1 atom stereocenters. The van der Waals surface area contributed by atoms with E-state index in [1.54, 1.807) is 30.3 Å². The third-order valence-corrected chi connectivity index (χ3v) is 5.20. The molecule has 0 radical (unpaired) electrons. The Labute approximate surface area is 160 Å². The Balaban J connectivity index is 1.87. The average molecular weight is 384 g/mol. The van der Waals surface area contributed by atoms with E-state index < -0.39 is 23.4 Å². The minimum absolute atomic E-state index is 0.246. The Morgan fingerprint density at radius 1 is 0.964 bits per heavy atom. The molecule has 1 unspecified atom stereocenters. The molecule has 4 rings (SSSR count). The summed E-state index contributed by atoms with van der Waals surface area (Å²) in [5.74, 6) is -2.38. The fraction of sp³-hybridized carbons (Fsp3) is 0.238. The van der Waals surface area contributed by atoms with Crippen molar-refractivity contribution in [1.29, 1.82) is 0 Å². The van der Waals surface area contributed by atoms with Gasteiger partial charge in [0.25, 0.3) is 0 Å². The third kappa shape index (κ3) is 3.22. The van der Waals surface area contributed by atoms with Crippen LogP contribution in [0.15, 0.2) is 42.5 Å². The van der Waals surface area contributed by atoms with Crippen LogP contribution in [0, 0.1) is 17.5 Å². The first-order chi connectivity index (χ1) is 13.5. The van der Waals surface area contributed by atoms with Crippen molar-refractivity contribution in [3.05, 3.63) is 76.6 Å². The summed E-state index contributed by atoms with van der Waals surface area (Å²) in [5, 5.41) is 7.75. The molecule has 144 valence electrons. The van der Waals surface area contributed by atoms with Gasteiger partial charge in [0.2, 0.25) is 0 Å². The highest BCUT2D eigenvalue weighted by molar-refractivity contribution is 5.63. The highest BCUT2D eigenvalue weighted by atomic mass is 19.2. The molecule has 1 aliphatic rings. The molecule has 7 heteroatoms. The summed E-state index contributed by atoms with van der Waals surface area (Å²) >= 11 is 0. The van der Waals surface area contributed by atoms with Gasteiger partial charge >= 0.3 is 0 Å². The van der Waals surface area contributed by atoms with Crippen molar-refractivity contribution in [2.24, 2.45) is 0 Å². The fourth-order valence-corrected chi connectivity index (χ4v) is 3.77. The van der Waals surface area contributed by atoms with Gasteiger partial charge in [0.05, 0.1) is 5.69 Å². The van der Waals surface area contributed by atoms with Crippen LogP contribution in [-0.4, -0.2) is 28.7 Å². The lowest BCUT2D eigenvalue weighted by Gasteiger charge is -2.20. The molecule has 2 heterocycles. The van der Waals surface area contributed by atoms with E-state index in [1.165, 1.54) is 6.07 Å². The number of rotatable bonds is 2. The van der Waals surface area contributed by atoms with E-state index >= 15 is 4.39 Å². The molecule has 3 aromatic rings. The van der Waals surface area contributed by atoms with E-state index in [-0.39, 0.29) is 11.4 Å². The first-order valence-electron chi connectivity index (χ1n) is 8.99. The Kier molecular flexibility index (Phi) is 4.77. The molecule has 0 bridgehead atoms. The molecule has 2 N–H and O–H groups in total. The molecule has 2 aromatic carbocycles. The summed E-state index contributed by atoms with van der Waals surface area (Å²) in [6, 6.07) is 10.7. The zero-order chi connectivity index (χ0) is 19.8. The molecule has 1 aromatic heterocycles. The minimum atomic E-state index is -0.897. The van der Waals surface area contributed by atoms with Gasteiger partial charge in [-0.05, 0) is 55.4 Å². The molecule has 4 nitrogen and oxygen atoms in total. The molecule has 28 heavy (non-hydrogen) atoms. The van der Waals surface area contributed by atoms with E-state index in [4.69, 9.17) is 5.73 Å². The van der Waals surface area contributed by atoms with Crippen molar-refractivity contribution in [3.63, 3.8) is 0 Å². The Bertz CT molecular complexity index is 1020. The van der Waals surface area contributed by atoms with Gasteiger partial charge in [-0.15, -0.1) is 10.2 Å². The number of aromatic nitrogens is 2. The lowest BCUT2D eigenvalue weighted by Crippen LogP contribution is -2.18. The van der Waals surface area contributed by atoms with Crippen molar-refractivity contribution < 1.29 is 13.2 Å². The summed E-state index contributed by atoms with van der Waals surface area (Å²) in [5.41, 5.74) is 7.61. The van der Waals surface area contributed by atoms with Crippen LogP contribution in [0.3, 0.4) is 0 Å². The van der Waals surface area contributed by atoms with E-state index in [0.29, 0.717) is 41.9 Å². The van der Waals surface area contributed by atoms with Gasteiger partial charge in [0, 0.05) is 23.6 Å². The number of halogens is 3. The van der Waals surface area contributed by atoms with Crippen LogP contribution in [0.2, 0.25) is 0 Å². The highest BCUT2D eigenvalue weighted by Gasteiger charge is 2.28. The number of anilines is 1. The second-order valence-corrected chi connectivity index (χ2v) is 7.06. The summed E-state index contributed by atoms with van der Waals surface area (Å²) in [4.78, 5) is 1.97. The number of nitrogen functional groups attached to an aromatic ring is 1. The number of hydrogen-bond acceptors (Lipinski definition) is 4. The summed E-state index contributed by atoms with van der Waals surface area (Å²) < 4.78 is 43.8. The van der Waals surface area contributed by atoms with Crippen molar-refractivity contribution in [2.45, 2.75) is 18.9 Å². The molecule has 0 saturated carbocycles. The predicted octanol–water partition coefficient (Wildman–Crippen LogP) is 4.11. The van der Waals surface area contributed by atoms with Crippen LogP contribution in [-0.2, 0) is 6.54 Å². The van der Waals surface area contributed by atoms with Gasteiger partial charge in [0.15, 0.2) is 11.6 Å². The Hall–Kier alpha value is -2.93. The fourth-order valence-electron chi connectivity index (χ4n) is 3.77. The first-order valence-corrected chi connectivity index (χ1v) is 8.99. The van der Waals surface area contributed by atoms with Gasteiger partial charge in [-0.25, -0.2) is 13.2 Å². The topological polar surface area (TPSA) is 55.0 Å². The summed E-state index contributed by atoms with van der Waals surface area (Å²) in [7, 11) is 1.88. The van der Waals surface area contributed by atoms with E-state index in [2.05, 4.69) is 10.2 Å². The Morgan fingerprint density at radius 2 is 1.79 bits per heavy atom. The first kappa shape index (κ1) is 18.4. The standard InChI is InChI=1S/C21H19F3N4/c1-28-10-9-13(14-3-2-4-17(22)21(14)24)12-5-6-15(20(23)16(12)11-28)18-7-8-19(25)27-26-18/h2-8,13H,9-11H2,1H3,(H2,25,27). The molecule has 0 saturated heterocycles. The number of nitrogens with zero attached hydrogens (tertiary/aromatic N) is 3. The maximum Gasteiger partial charge on any atom is 0.162 e. The highest BCUT2D eigenvalue weighted by Crippen LogP contribution is 2.38. The van der Waals surface area contributed by atoms with Gasteiger partial charge in [-0.1, -0.05) is 18.2 Å². The lowest BCUT2D eigenvalue weighted by molar-refractivity contribution is 0.323. The average Bonchev–Trinajstić information content (AvgIpc) is 2.85. The smallest absolute Gasteiger partial charge is 0.162 e. The number of hydrogen-bond donors (Lipinski definition) is 1. The van der Waals surface area contributed by atoms with Crippen molar-refractivity contribution in [1.82, 2.24) is 15.1 Å². The second-order valence-electron chi connectivity index (χ2n) is 7.06. The minimum Gasteiger partial charge on any atom is -0.382 e. The number of nitrogens with two attached hydrogens (primary N) is 1. The number of fused-ring (bicyclic) bond motifs is 1. The van der Waals surface area contributed by atoms with Crippen LogP contribution >= 0.6 is 0 Å². The van der Waals surface area contributed by atoms with Gasteiger partial charge in [0.1, 0.15) is 11.6 Å². The largest absolute Gasteiger partial charge is 0.382 e. The predicted molar refractivity (Wildman–Crippen MR) is 101 cm³/mol. The second kappa shape index (κ2) is 7.24.